The summed E-state index contributed by atoms with van der Waals surface area (Å²) in [5, 5.41) is 2.27. The lowest BCUT2D eigenvalue weighted by Crippen LogP contribution is -2.87. The van der Waals surface area contributed by atoms with E-state index in [4.69, 9.17) is 14.2 Å². The highest BCUT2D eigenvalue weighted by molar-refractivity contribution is 5.39. The number of hydrogen-bond donors (Lipinski definition) is 1. The van der Waals surface area contributed by atoms with Crippen molar-refractivity contribution in [3.8, 4) is 11.5 Å². The molecule has 21 heavy (non-hydrogen) atoms. The maximum absolute atomic E-state index is 5.84. The summed E-state index contributed by atoms with van der Waals surface area (Å²) in [6.45, 7) is 6.52. The first-order chi connectivity index (χ1) is 10.4. The molecule has 4 nitrogen and oxygen atoms in total. The predicted molar refractivity (Wildman–Crippen MR) is 83.0 cm³/mol. The molecule has 0 bridgehead atoms. The number of unbranched alkanes of at least 4 members (excludes halogenated alkanes) is 1. The van der Waals surface area contributed by atoms with Gasteiger partial charge in [-0.25, -0.2) is 0 Å². The smallest absolute Gasteiger partial charge is 0.161 e. The Bertz CT molecular complexity index is 391. The second-order valence-electron chi connectivity index (χ2n) is 5.45. The van der Waals surface area contributed by atoms with Crippen LogP contribution in [0.3, 0.4) is 0 Å². The first kappa shape index (κ1) is 16.1. The van der Waals surface area contributed by atoms with Gasteiger partial charge < -0.3 is 19.5 Å². The van der Waals surface area contributed by atoms with Crippen LogP contribution in [0.25, 0.3) is 0 Å². The zero-order valence-corrected chi connectivity index (χ0v) is 13.1. The lowest BCUT2D eigenvalue weighted by molar-refractivity contribution is -0.661. The fourth-order valence-corrected chi connectivity index (χ4v) is 2.40. The van der Waals surface area contributed by atoms with Gasteiger partial charge in [0.1, 0.15) is 25.8 Å². The molecule has 1 aliphatic heterocycles. The van der Waals surface area contributed by atoms with Crippen LogP contribution in [-0.2, 0) is 4.74 Å². The molecule has 1 atom stereocenters. The van der Waals surface area contributed by atoms with E-state index in [1.165, 1.54) is 12.8 Å². The minimum absolute atomic E-state index is 0.440. The van der Waals surface area contributed by atoms with Crippen LogP contribution in [-0.4, -0.2) is 39.0 Å². The fourth-order valence-electron chi connectivity index (χ4n) is 2.40. The molecule has 0 aromatic heterocycles. The Balaban J connectivity index is 1.64. The fraction of sp³-hybridized carbons (Fsp3) is 0.647. The maximum atomic E-state index is 5.84. The van der Waals surface area contributed by atoms with E-state index >= 15 is 0 Å². The highest BCUT2D eigenvalue weighted by Gasteiger charge is 2.16. The monoisotopic (exact) mass is 294 g/mol. The molecule has 118 valence electrons. The van der Waals surface area contributed by atoms with Gasteiger partial charge in [0.2, 0.25) is 0 Å². The molecular weight excluding hydrogens is 266 g/mol. The average Bonchev–Trinajstić information content (AvgIpc) is 3.02. The zero-order chi connectivity index (χ0) is 14.8. The molecule has 0 spiro atoms. The van der Waals surface area contributed by atoms with Gasteiger partial charge in [-0.05, 0) is 31.4 Å². The number of nitrogens with two attached hydrogens (primary N) is 1. The van der Waals surface area contributed by atoms with E-state index in [1.54, 1.807) is 0 Å². The summed E-state index contributed by atoms with van der Waals surface area (Å²) < 4.78 is 17.2. The summed E-state index contributed by atoms with van der Waals surface area (Å²) in [6.07, 6.45) is 5.06. The van der Waals surface area contributed by atoms with Gasteiger partial charge >= 0.3 is 0 Å². The van der Waals surface area contributed by atoms with Crippen LogP contribution < -0.4 is 14.8 Å². The Morgan fingerprint density at radius 1 is 1.19 bits per heavy atom. The maximum Gasteiger partial charge on any atom is 0.161 e. The molecule has 1 aliphatic rings. The third kappa shape index (κ3) is 5.94. The van der Waals surface area contributed by atoms with Gasteiger partial charge in [-0.3, -0.25) is 0 Å². The van der Waals surface area contributed by atoms with Gasteiger partial charge in [-0.2, -0.15) is 0 Å². The largest absolute Gasteiger partial charge is 0.490 e. The van der Waals surface area contributed by atoms with Crippen LogP contribution in [0.1, 0.15) is 32.6 Å². The molecule has 0 unspecified atom stereocenters. The van der Waals surface area contributed by atoms with Crippen LogP contribution in [0.15, 0.2) is 24.3 Å². The molecule has 4 heteroatoms. The van der Waals surface area contributed by atoms with E-state index in [1.807, 2.05) is 24.3 Å². The van der Waals surface area contributed by atoms with E-state index < -0.39 is 0 Å². The van der Waals surface area contributed by atoms with Gasteiger partial charge in [0.05, 0.1) is 6.61 Å². The van der Waals surface area contributed by atoms with Gasteiger partial charge in [0, 0.05) is 6.61 Å². The normalized spacial score (nSPS) is 17.9. The summed E-state index contributed by atoms with van der Waals surface area (Å²) in [5.74, 6) is 1.70. The summed E-state index contributed by atoms with van der Waals surface area (Å²) in [5.41, 5.74) is 0. The first-order valence-corrected chi connectivity index (χ1v) is 8.18. The quantitative estimate of drug-likeness (QED) is 0.671. The Morgan fingerprint density at radius 2 is 1.95 bits per heavy atom. The van der Waals surface area contributed by atoms with Crippen LogP contribution in [0.4, 0.5) is 0 Å². The minimum Gasteiger partial charge on any atom is -0.490 e. The number of quaternary nitrogens is 1. The molecule has 0 radical (unpaired) electrons. The van der Waals surface area contributed by atoms with Gasteiger partial charge in [0.15, 0.2) is 11.5 Å². The van der Waals surface area contributed by atoms with Gasteiger partial charge in [-0.1, -0.05) is 25.5 Å². The summed E-state index contributed by atoms with van der Waals surface area (Å²) in [4.78, 5) is 0. The summed E-state index contributed by atoms with van der Waals surface area (Å²) in [6, 6.07) is 7.91. The molecule has 1 fully saturated rings. The molecule has 0 saturated carbocycles. The number of ether oxygens (including phenoxy) is 3. The minimum atomic E-state index is 0.440. The second kappa shape index (κ2) is 9.64. The topological polar surface area (TPSA) is 44.3 Å². The van der Waals surface area contributed by atoms with Crippen LogP contribution in [0, 0.1) is 0 Å². The third-order valence-electron chi connectivity index (χ3n) is 3.64. The summed E-state index contributed by atoms with van der Waals surface area (Å²) >= 11 is 0. The molecule has 0 amide bonds. The lowest BCUT2D eigenvalue weighted by atomic mass is 10.2. The van der Waals surface area contributed by atoms with E-state index in [0.717, 1.165) is 50.6 Å². The van der Waals surface area contributed by atoms with Crippen molar-refractivity contribution in [1.29, 1.82) is 0 Å². The van der Waals surface area contributed by atoms with E-state index in [9.17, 15) is 0 Å². The van der Waals surface area contributed by atoms with Crippen molar-refractivity contribution < 1.29 is 19.5 Å². The molecular formula is C17H28NO3+. The predicted octanol–water partition coefficient (Wildman–Crippen LogP) is 1.99. The highest BCUT2D eigenvalue weighted by Crippen LogP contribution is 2.26. The van der Waals surface area contributed by atoms with E-state index in [2.05, 4.69) is 12.2 Å². The van der Waals surface area contributed by atoms with Gasteiger partial charge in [-0.15, -0.1) is 0 Å². The molecule has 1 saturated heterocycles. The number of hydrogen-bond acceptors (Lipinski definition) is 3. The Labute approximate surface area is 127 Å². The molecule has 1 aromatic carbocycles. The van der Waals surface area contributed by atoms with Crippen LogP contribution >= 0.6 is 0 Å². The number of benzene rings is 1. The van der Waals surface area contributed by atoms with Crippen molar-refractivity contribution in [3.63, 3.8) is 0 Å². The summed E-state index contributed by atoms with van der Waals surface area (Å²) in [7, 11) is 0. The van der Waals surface area contributed by atoms with Crippen LogP contribution in [0.5, 0.6) is 11.5 Å². The van der Waals surface area contributed by atoms with Gasteiger partial charge in [0.25, 0.3) is 0 Å². The zero-order valence-electron chi connectivity index (χ0n) is 13.1. The lowest BCUT2D eigenvalue weighted by Gasteiger charge is -2.12. The average molecular weight is 294 g/mol. The van der Waals surface area contributed by atoms with Crippen molar-refractivity contribution in [2.75, 3.05) is 32.9 Å². The second-order valence-corrected chi connectivity index (χ2v) is 5.45. The standard InChI is InChI=1S/C17H27NO3/c1-2-3-11-20-16-8-4-5-9-17(16)21-13-10-18-14-15-7-6-12-19-15/h4-5,8-9,15,18H,2-3,6-7,10-14H2,1H3/p+1/t15-/m0/s1. The Morgan fingerprint density at radius 3 is 2.62 bits per heavy atom. The first-order valence-electron chi connectivity index (χ1n) is 8.18. The van der Waals surface area contributed by atoms with Crippen molar-refractivity contribution >= 4 is 0 Å². The number of rotatable bonds is 10. The van der Waals surface area contributed by atoms with Crippen molar-refractivity contribution in [1.82, 2.24) is 0 Å². The Kier molecular flexibility index (Phi) is 7.39. The Hall–Kier alpha value is -1.26. The van der Waals surface area contributed by atoms with Crippen molar-refractivity contribution in [2.45, 2.75) is 38.7 Å². The van der Waals surface area contributed by atoms with Crippen molar-refractivity contribution in [2.24, 2.45) is 0 Å². The van der Waals surface area contributed by atoms with E-state index in [-0.39, 0.29) is 0 Å². The molecule has 2 rings (SSSR count). The molecule has 2 N–H and O–H groups in total. The third-order valence-corrected chi connectivity index (χ3v) is 3.64. The van der Waals surface area contributed by atoms with Crippen molar-refractivity contribution in [3.05, 3.63) is 24.3 Å². The molecule has 1 heterocycles. The number of para-hydroxylation sites is 2. The SMILES string of the molecule is CCCCOc1ccccc1OCC[NH2+]C[C@@H]1CCCO1. The molecule has 1 aromatic rings. The van der Waals surface area contributed by atoms with Crippen LogP contribution in [0.2, 0.25) is 0 Å². The highest BCUT2D eigenvalue weighted by atomic mass is 16.5. The van der Waals surface area contributed by atoms with E-state index in [0.29, 0.717) is 12.7 Å². The molecule has 0 aliphatic carbocycles.